The molecule has 0 aliphatic rings. The molecule has 0 radical (unpaired) electrons. The molecule has 0 aromatic heterocycles. The molecule has 0 aliphatic heterocycles. The van der Waals surface area contributed by atoms with Crippen LogP contribution in [0.25, 0.3) is 0 Å². The minimum Gasteiger partial charge on any atom is -0.293 e. The maximum Gasteiger partial charge on any atom is 0.0397 e. The highest BCUT2D eigenvalue weighted by atomic mass is 14.7. The molecule has 0 fully saturated rings. The molecule has 0 aliphatic carbocycles. The minimum absolute atomic E-state index is 0.122. The van der Waals surface area contributed by atoms with E-state index in [2.05, 4.69) is 77.8 Å². The summed E-state index contributed by atoms with van der Waals surface area (Å²) in [6, 6.07) is 0. The van der Waals surface area contributed by atoms with E-state index in [4.69, 9.17) is 0 Å². The number of hydrogen-bond acceptors (Lipinski definition) is 1. The lowest BCUT2D eigenvalue weighted by Gasteiger charge is -2.19. The minimum atomic E-state index is 0.122. The fourth-order valence-corrected chi connectivity index (χ4v) is 1.90. The summed E-state index contributed by atoms with van der Waals surface area (Å²) in [6.07, 6.45) is 9.95. The van der Waals surface area contributed by atoms with E-state index >= 15 is 0 Å². The molecule has 0 saturated heterocycles. The van der Waals surface area contributed by atoms with Gasteiger partial charge in [0.1, 0.15) is 0 Å². The van der Waals surface area contributed by atoms with E-state index in [-0.39, 0.29) is 5.41 Å². The van der Waals surface area contributed by atoms with E-state index in [1.165, 1.54) is 16.9 Å². The van der Waals surface area contributed by atoms with Gasteiger partial charge in [-0.1, -0.05) is 57.1 Å². The molecule has 108 valence electrons. The zero-order valence-corrected chi connectivity index (χ0v) is 14.0. The summed E-state index contributed by atoms with van der Waals surface area (Å²) in [6.45, 7) is 15.3. The molecule has 0 N–H and O–H groups in total. The molecule has 0 heterocycles. The van der Waals surface area contributed by atoms with Crippen molar-refractivity contribution in [2.24, 2.45) is 16.3 Å². The Morgan fingerprint density at radius 3 is 2.21 bits per heavy atom. The average Bonchev–Trinajstić information content (AvgIpc) is 2.31. The van der Waals surface area contributed by atoms with Crippen LogP contribution >= 0.6 is 0 Å². The van der Waals surface area contributed by atoms with Gasteiger partial charge in [-0.15, -0.1) is 0 Å². The van der Waals surface area contributed by atoms with Crippen LogP contribution in [0.15, 0.2) is 40.4 Å². The fraction of sp³-hybridized carbons (Fsp3) is 0.611. The zero-order chi connectivity index (χ0) is 15.1. The average molecular weight is 261 g/mol. The van der Waals surface area contributed by atoms with Crippen LogP contribution in [-0.4, -0.2) is 12.8 Å². The van der Waals surface area contributed by atoms with Crippen molar-refractivity contribution in [3.63, 3.8) is 0 Å². The van der Waals surface area contributed by atoms with E-state index in [9.17, 15) is 0 Å². The maximum atomic E-state index is 4.41. The predicted molar refractivity (Wildman–Crippen MR) is 88.9 cm³/mol. The van der Waals surface area contributed by atoms with Gasteiger partial charge in [0.2, 0.25) is 0 Å². The number of allylic oxidation sites excluding steroid dienone is 6. The Labute approximate surface area is 120 Å². The molecule has 0 aromatic rings. The smallest absolute Gasteiger partial charge is 0.0397 e. The Bertz CT molecular complexity index is 386. The van der Waals surface area contributed by atoms with E-state index in [1.54, 1.807) is 0 Å². The summed E-state index contributed by atoms with van der Waals surface area (Å²) in [5, 5.41) is 0. The highest BCUT2D eigenvalue weighted by Gasteiger charge is 2.16. The van der Waals surface area contributed by atoms with E-state index in [1.807, 2.05) is 7.05 Å². The van der Waals surface area contributed by atoms with Gasteiger partial charge in [-0.3, -0.25) is 4.99 Å². The first-order valence-corrected chi connectivity index (χ1v) is 7.16. The molecule has 0 rings (SSSR count). The van der Waals surface area contributed by atoms with Gasteiger partial charge in [0.05, 0.1) is 0 Å². The Balaban J connectivity index is 4.69. The van der Waals surface area contributed by atoms with Gasteiger partial charge < -0.3 is 0 Å². The number of aliphatic imine (C=N–C) groups is 1. The van der Waals surface area contributed by atoms with Crippen LogP contribution in [0, 0.1) is 11.3 Å². The first-order chi connectivity index (χ1) is 8.70. The summed E-state index contributed by atoms with van der Waals surface area (Å²) in [7, 11) is 1.88. The number of nitrogens with zero attached hydrogens (tertiary/aromatic N) is 1. The lowest BCUT2D eigenvalue weighted by atomic mass is 9.87. The fourth-order valence-electron chi connectivity index (χ4n) is 1.90. The van der Waals surface area contributed by atoms with E-state index in [0.717, 1.165) is 6.42 Å². The molecular weight excluding hydrogens is 230 g/mol. The van der Waals surface area contributed by atoms with Gasteiger partial charge >= 0.3 is 0 Å². The van der Waals surface area contributed by atoms with Crippen molar-refractivity contribution in [3.05, 3.63) is 35.5 Å². The van der Waals surface area contributed by atoms with Crippen molar-refractivity contribution in [2.75, 3.05) is 7.05 Å². The number of hydrogen-bond donors (Lipinski definition) is 0. The molecule has 0 spiro atoms. The Morgan fingerprint density at radius 2 is 1.79 bits per heavy atom. The molecule has 0 aromatic carbocycles. The van der Waals surface area contributed by atoms with Gasteiger partial charge in [0.25, 0.3) is 0 Å². The van der Waals surface area contributed by atoms with Crippen molar-refractivity contribution >= 4 is 5.71 Å². The Morgan fingerprint density at radius 1 is 1.21 bits per heavy atom. The molecule has 0 amide bonds. The second-order valence-electron chi connectivity index (χ2n) is 6.42. The van der Waals surface area contributed by atoms with E-state index < -0.39 is 0 Å². The van der Waals surface area contributed by atoms with Crippen molar-refractivity contribution in [3.8, 4) is 0 Å². The quantitative estimate of drug-likeness (QED) is 0.451. The normalized spacial score (nSPS) is 17.2. The van der Waals surface area contributed by atoms with Crippen LogP contribution in [-0.2, 0) is 0 Å². The standard InChI is InChI=1S/C18H31N/c1-9-14(2)10-11-15(3)12-16(4)13-17(19-8)18(5,6)7/h9-11,13,15H,12H2,1-8H3/b11-10-,14-9-,16-13-,19-17?. The van der Waals surface area contributed by atoms with Crippen LogP contribution in [0.2, 0.25) is 0 Å². The molecule has 1 heteroatoms. The van der Waals surface area contributed by atoms with Crippen LogP contribution in [0.4, 0.5) is 0 Å². The third-order valence-electron chi connectivity index (χ3n) is 3.18. The zero-order valence-electron chi connectivity index (χ0n) is 14.0. The third-order valence-corrected chi connectivity index (χ3v) is 3.18. The second-order valence-corrected chi connectivity index (χ2v) is 6.42. The monoisotopic (exact) mass is 261 g/mol. The summed E-state index contributed by atoms with van der Waals surface area (Å²) < 4.78 is 0. The second kappa shape index (κ2) is 8.14. The molecule has 19 heavy (non-hydrogen) atoms. The predicted octanol–water partition coefficient (Wildman–Crippen LogP) is 5.60. The maximum absolute atomic E-state index is 4.41. The number of rotatable bonds is 5. The van der Waals surface area contributed by atoms with Gasteiger partial charge in [-0.05, 0) is 39.2 Å². The van der Waals surface area contributed by atoms with E-state index in [0.29, 0.717) is 5.92 Å². The largest absolute Gasteiger partial charge is 0.293 e. The first-order valence-electron chi connectivity index (χ1n) is 7.16. The van der Waals surface area contributed by atoms with Crippen LogP contribution in [0.3, 0.4) is 0 Å². The highest BCUT2D eigenvalue weighted by molar-refractivity contribution is 5.99. The Kier molecular flexibility index (Phi) is 7.66. The third kappa shape index (κ3) is 7.81. The highest BCUT2D eigenvalue weighted by Crippen LogP contribution is 2.20. The SMILES string of the molecule is C/C=C(C)\C=C/C(C)C/C(C)=C\C(=NC)C(C)(C)C. The van der Waals surface area contributed by atoms with Crippen molar-refractivity contribution < 1.29 is 0 Å². The first kappa shape index (κ1) is 17.9. The summed E-state index contributed by atoms with van der Waals surface area (Å²) in [5.74, 6) is 0.559. The molecule has 1 nitrogen and oxygen atoms in total. The van der Waals surface area contributed by atoms with Crippen molar-refractivity contribution in [1.82, 2.24) is 0 Å². The molecule has 1 unspecified atom stereocenters. The van der Waals surface area contributed by atoms with Crippen LogP contribution in [0.5, 0.6) is 0 Å². The summed E-state index contributed by atoms with van der Waals surface area (Å²) in [5.41, 5.74) is 4.01. The Hall–Kier alpha value is -1.11. The summed E-state index contributed by atoms with van der Waals surface area (Å²) in [4.78, 5) is 4.41. The van der Waals surface area contributed by atoms with Crippen LogP contribution < -0.4 is 0 Å². The summed E-state index contributed by atoms with van der Waals surface area (Å²) >= 11 is 0. The topological polar surface area (TPSA) is 12.4 Å². The molecule has 1 atom stereocenters. The van der Waals surface area contributed by atoms with Gasteiger partial charge in [-0.25, -0.2) is 0 Å². The van der Waals surface area contributed by atoms with Crippen molar-refractivity contribution in [2.45, 2.75) is 54.9 Å². The lowest BCUT2D eigenvalue weighted by molar-refractivity contribution is 0.592. The lowest BCUT2D eigenvalue weighted by Crippen LogP contribution is -2.18. The molecule has 0 bridgehead atoms. The van der Waals surface area contributed by atoms with Gasteiger partial charge in [0.15, 0.2) is 0 Å². The van der Waals surface area contributed by atoms with Crippen LogP contribution in [0.1, 0.15) is 54.9 Å². The van der Waals surface area contributed by atoms with Gasteiger partial charge in [0, 0.05) is 18.2 Å². The van der Waals surface area contributed by atoms with Gasteiger partial charge in [-0.2, -0.15) is 0 Å². The molecular formula is C18H31N. The molecule has 0 saturated carbocycles. The van der Waals surface area contributed by atoms with Crippen molar-refractivity contribution in [1.29, 1.82) is 0 Å².